The van der Waals surface area contributed by atoms with Gasteiger partial charge in [0, 0.05) is 23.3 Å². The van der Waals surface area contributed by atoms with Crippen molar-refractivity contribution in [1.29, 1.82) is 0 Å². The fourth-order valence-corrected chi connectivity index (χ4v) is 3.17. The van der Waals surface area contributed by atoms with Crippen molar-refractivity contribution in [1.82, 2.24) is 4.84 Å². The minimum atomic E-state index is -0.587. The molecular weight excluding hydrogens is 358 g/mol. The van der Waals surface area contributed by atoms with E-state index in [0.717, 1.165) is 17.4 Å². The molecule has 0 aliphatic carbocycles. The molecule has 2 aromatic carbocycles. The number of hydrogen-bond acceptors (Lipinski definition) is 6. The van der Waals surface area contributed by atoms with Crippen molar-refractivity contribution in [2.75, 3.05) is 6.54 Å². The Morgan fingerprint density at radius 1 is 1.19 bits per heavy atom. The molecule has 6 nitrogen and oxygen atoms in total. The lowest BCUT2D eigenvalue weighted by atomic mass is 9.91. The van der Waals surface area contributed by atoms with Gasteiger partial charge < -0.3 is 14.2 Å². The van der Waals surface area contributed by atoms with Crippen molar-refractivity contribution >= 4 is 34.5 Å². The van der Waals surface area contributed by atoms with Crippen LogP contribution in [0.3, 0.4) is 0 Å². The molecule has 0 unspecified atom stereocenters. The molecule has 0 saturated heterocycles. The van der Waals surface area contributed by atoms with Gasteiger partial charge in [-0.3, -0.25) is 9.59 Å². The monoisotopic (exact) mass is 377 g/mol. The normalized spacial score (nSPS) is 15.1. The second-order valence-corrected chi connectivity index (χ2v) is 7.02. The first-order valence-electron chi connectivity index (χ1n) is 8.31. The van der Waals surface area contributed by atoms with Crippen molar-refractivity contribution in [3.63, 3.8) is 0 Å². The van der Waals surface area contributed by atoms with Crippen LogP contribution in [-0.2, 0) is 16.0 Å². The summed E-state index contributed by atoms with van der Waals surface area (Å²) in [5.74, 6) is -0.00147. The Balaban J connectivity index is 2.27. The molecule has 2 aromatic rings. The fourth-order valence-electron chi connectivity index (χ4n) is 3.06. The summed E-state index contributed by atoms with van der Waals surface area (Å²) in [4.78, 5) is 25.9. The molecule has 0 aromatic heterocycles. The number of halogens is 1. The summed E-state index contributed by atoms with van der Waals surface area (Å²) in [5, 5.41) is 1.43. The minimum absolute atomic E-state index is 0.185. The maximum Gasteiger partial charge on any atom is 0.326 e. The Morgan fingerprint density at radius 3 is 2.54 bits per heavy atom. The summed E-state index contributed by atoms with van der Waals surface area (Å²) in [5.41, 5.74) is 0.379. The molecule has 0 fully saturated rings. The van der Waals surface area contributed by atoms with E-state index in [1.165, 1.54) is 6.92 Å². The highest BCUT2D eigenvalue weighted by Gasteiger charge is 2.33. The lowest BCUT2D eigenvalue weighted by Gasteiger charge is -2.34. The van der Waals surface area contributed by atoms with Gasteiger partial charge >= 0.3 is 11.9 Å². The van der Waals surface area contributed by atoms with Crippen molar-refractivity contribution in [3.05, 3.63) is 29.8 Å². The van der Waals surface area contributed by atoms with Crippen LogP contribution in [0.25, 0.3) is 10.8 Å². The summed E-state index contributed by atoms with van der Waals surface area (Å²) in [7, 11) is 0. The molecule has 0 bridgehead atoms. The van der Waals surface area contributed by atoms with Crippen molar-refractivity contribution in [2.45, 2.75) is 39.2 Å². The Labute approximate surface area is 156 Å². The van der Waals surface area contributed by atoms with Crippen LogP contribution >= 0.6 is 11.8 Å². The van der Waals surface area contributed by atoms with Crippen LogP contribution in [-0.4, -0.2) is 24.1 Å². The van der Waals surface area contributed by atoms with E-state index in [9.17, 15) is 9.59 Å². The van der Waals surface area contributed by atoms with Gasteiger partial charge in [-0.1, -0.05) is 24.3 Å². The number of rotatable bonds is 4. The second-order valence-electron chi connectivity index (χ2n) is 6.75. The van der Waals surface area contributed by atoms with Crippen LogP contribution in [0.2, 0.25) is 0 Å². The van der Waals surface area contributed by atoms with Crippen LogP contribution in [0.15, 0.2) is 24.3 Å². The van der Waals surface area contributed by atoms with Gasteiger partial charge in [-0.25, -0.2) is 4.84 Å². The Kier molecular flexibility index (Phi) is 5.07. The zero-order valence-corrected chi connectivity index (χ0v) is 15.6. The van der Waals surface area contributed by atoms with E-state index in [1.807, 2.05) is 32.0 Å². The predicted octanol–water partition coefficient (Wildman–Crippen LogP) is 3.52. The lowest BCUT2D eigenvalue weighted by molar-refractivity contribution is -0.135. The third kappa shape index (κ3) is 3.61. The summed E-state index contributed by atoms with van der Waals surface area (Å²) in [6, 6.07) is 7.39. The van der Waals surface area contributed by atoms with E-state index in [4.69, 9.17) is 26.0 Å². The Hall–Kier alpha value is -2.31. The summed E-state index contributed by atoms with van der Waals surface area (Å²) < 4.78 is 17.1. The standard InChI is InChI=1S/C19H20ClNO5/c1-11(22)24-18-14-8-9-19(2,3)26-16(14)12-6-4-5-7-13(12)17(18)25-15(23)10-21-20/h4-7,21H,8-10H2,1-3H3. The maximum atomic E-state index is 12.0. The van der Waals surface area contributed by atoms with Gasteiger partial charge in [-0.05, 0) is 38.5 Å². The zero-order valence-electron chi connectivity index (χ0n) is 14.8. The first kappa shape index (κ1) is 18.5. The van der Waals surface area contributed by atoms with Gasteiger partial charge in [0.25, 0.3) is 0 Å². The first-order chi connectivity index (χ1) is 12.3. The first-order valence-corrected chi connectivity index (χ1v) is 8.69. The average Bonchev–Trinajstić information content (AvgIpc) is 2.57. The number of hydrogen-bond donors (Lipinski definition) is 1. The number of fused-ring (bicyclic) bond motifs is 3. The molecule has 1 heterocycles. The molecule has 26 heavy (non-hydrogen) atoms. The van der Waals surface area contributed by atoms with Crippen LogP contribution in [0.4, 0.5) is 0 Å². The number of ether oxygens (including phenoxy) is 3. The second kappa shape index (κ2) is 7.13. The molecule has 0 spiro atoms. The average molecular weight is 378 g/mol. The third-order valence-corrected chi connectivity index (χ3v) is 4.33. The maximum absolute atomic E-state index is 12.0. The molecule has 138 valence electrons. The molecule has 0 saturated carbocycles. The highest BCUT2D eigenvalue weighted by atomic mass is 35.5. The number of carbonyl (C=O) groups is 2. The van der Waals surface area contributed by atoms with E-state index in [2.05, 4.69) is 4.84 Å². The van der Waals surface area contributed by atoms with E-state index in [1.54, 1.807) is 6.07 Å². The molecule has 1 aliphatic heterocycles. The number of nitrogens with one attached hydrogen (secondary N) is 1. The van der Waals surface area contributed by atoms with Crippen LogP contribution in [0.5, 0.6) is 17.2 Å². The molecule has 0 atom stereocenters. The van der Waals surface area contributed by atoms with Crippen LogP contribution in [0, 0.1) is 0 Å². The van der Waals surface area contributed by atoms with Gasteiger partial charge in [-0.15, -0.1) is 0 Å². The number of carbonyl (C=O) groups excluding carboxylic acids is 2. The number of esters is 2. The van der Waals surface area contributed by atoms with E-state index in [0.29, 0.717) is 17.6 Å². The predicted molar refractivity (Wildman–Crippen MR) is 97.8 cm³/mol. The third-order valence-electron chi connectivity index (χ3n) is 4.20. The van der Waals surface area contributed by atoms with Gasteiger partial charge in [0.05, 0.1) is 0 Å². The lowest BCUT2D eigenvalue weighted by Crippen LogP contribution is -2.33. The van der Waals surface area contributed by atoms with E-state index < -0.39 is 11.9 Å². The SMILES string of the molecule is CC(=O)Oc1c2c(c3ccccc3c1OC(=O)CNCl)OC(C)(C)CC2. The molecule has 0 radical (unpaired) electrons. The molecule has 0 amide bonds. The molecule has 1 N–H and O–H groups in total. The highest BCUT2D eigenvalue weighted by Crippen LogP contribution is 2.50. The van der Waals surface area contributed by atoms with Gasteiger partial charge in [0.15, 0.2) is 11.5 Å². The molecule has 1 aliphatic rings. The molecule has 3 rings (SSSR count). The fraction of sp³-hybridized carbons (Fsp3) is 0.368. The summed E-state index contributed by atoms with van der Waals surface area (Å²) >= 11 is 5.40. The molecule has 7 heteroatoms. The Morgan fingerprint density at radius 2 is 1.88 bits per heavy atom. The van der Waals surface area contributed by atoms with Crippen molar-refractivity contribution in [2.24, 2.45) is 0 Å². The van der Waals surface area contributed by atoms with Crippen molar-refractivity contribution in [3.8, 4) is 17.2 Å². The summed E-state index contributed by atoms with van der Waals surface area (Å²) in [6.07, 6.45) is 1.37. The van der Waals surface area contributed by atoms with Gasteiger partial charge in [-0.2, -0.15) is 0 Å². The van der Waals surface area contributed by atoms with Gasteiger partial charge in [0.2, 0.25) is 0 Å². The van der Waals surface area contributed by atoms with E-state index >= 15 is 0 Å². The molecular formula is C19H20ClNO5. The Bertz CT molecular complexity index is 878. The topological polar surface area (TPSA) is 73.9 Å². The minimum Gasteiger partial charge on any atom is -0.487 e. The van der Waals surface area contributed by atoms with Crippen molar-refractivity contribution < 1.29 is 23.8 Å². The number of benzene rings is 2. The quantitative estimate of drug-likeness (QED) is 0.499. The van der Waals surface area contributed by atoms with E-state index in [-0.39, 0.29) is 23.6 Å². The van der Waals surface area contributed by atoms with Crippen LogP contribution < -0.4 is 19.0 Å². The van der Waals surface area contributed by atoms with Gasteiger partial charge in [0.1, 0.15) is 17.9 Å². The highest BCUT2D eigenvalue weighted by molar-refractivity contribution is 6.14. The largest absolute Gasteiger partial charge is 0.487 e. The summed E-state index contributed by atoms with van der Waals surface area (Å²) in [6.45, 7) is 5.14. The zero-order chi connectivity index (χ0) is 18.9. The smallest absolute Gasteiger partial charge is 0.326 e. The van der Waals surface area contributed by atoms with Crippen LogP contribution in [0.1, 0.15) is 32.8 Å².